The van der Waals surface area contributed by atoms with Crippen molar-refractivity contribution in [1.82, 2.24) is 9.21 Å². The summed E-state index contributed by atoms with van der Waals surface area (Å²) in [4.78, 5) is 15.3. The second-order valence-electron chi connectivity index (χ2n) is 7.90. The Hall–Kier alpha value is -1.96. The first-order valence-electron chi connectivity index (χ1n) is 10.2. The number of hydrogen-bond donors (Lipinski definition) is 0. The fourth-order valence-corrected chi connectivity index (χ4v) is 6.06. The van der Waals surface area contributed by atoms with Crippen LogP contribution in [0.1, 0.15) is 37.3 Å². The first-order chi connectivity index (χ1) is 14.4. The molecule has 2 aromatic carbocycles. The van der Waals surface area contributed by atoms with E-state index in [1.807, 2.05) is 4.90 Å². The number of rotatable bonds is 4. The molecule has 1 amide bonds. The third-order valence-corrected chi connectivity index (χ3v) is 8.11. The maximum Gasteiger partial charge on any atom is 0.243 e. The van der Waals surface area contributed by atoms with Crippen LogP contribution in [0.15, 0.2) is 53.4 Å². The minimum atomic E-state index is -3.68. The van der Waals surface area contributed by atoms with Crippen molar-refractivity contribution in [2.75, 3.05) is 19.6 Å². The molecule has 30 heavy (non-hydrogen) atoms. The van der Waals surface area contributed by atoms with Crippen LogP contribution in [0, 0.1) is 11.7 Å². The van der Waals surface area contributed by atoms with E-state index in [0.717, 1.165) is 18.4 Å². The molecule has 0 aromatic heterocycles. The maximum atomic E-state index is 13.3. The van der Waals surface area contributed by atoms with Gasteiger partial charge in [-0.15, -0.1) is 0 Å². The van der Waals surface area contributed by atoms with Crippen molar-refractivity contribution in [1.29, 1.82) is 0 Å². The molecule has 5 nitrogen and oxygen atoms in total. The number of carbonyl (C=O) groups is 1. The number of sulfonamides is 1. The Labute approximate surface area is 181 Å². The van der Waals surface area contributed by atoms with Gasteiger partial charge in [-0.25, -0.2) is 12.8 Å². The van der Waals surface area contributed by atoms with Gasteiger partial charge in [0.15, 0.2) is 0 Å². The molecule has 4 rings (SSSR count). The van der Waals surface area contributed by atoms with Crippen molar-refractivity contribution in [2.45, 2.75) is 36.6 Å². The third kappa shape index (κ3) is 4.24. The number of carbonyl (C=O) groups excluding carboxylic acids is 1. The second kappa shape index (κ2) is 8.65. The Morgan fingerprint density at radius 1 is 0.967 bits per heavy atom. The predicted octanol–water partition coefficient (Wildman–Crippen LogP) is 4.24. The summed E-state index contributed by atoms with van der Waals surface area (Å²) in [6, 6.07) is 12.3. The lowest BCUT2D eigenvalue weighted by Crippen LogP contribution is -2.46. The second-order valence-corrected chi connectivity index (χ2v) is 10.3. The first kappa shape index (κ1) is 21.3. The van der Waals surface area contributed by atoms with E-state index in [9.17, 15) is 17.6 Å². The highest BCUT2D eigenvalue weighted by Gasteiger charge is 2.38. The molecule has 2 heterocycles. The summed E-state index contributed by atoms with van der Waals surface area (Å²) in [6.07, 6.45) is 3.01. The highest BCUT2D eigenvalue weighted by molar-refractivity contribution is 7.89. The maximum absolute atomic E-state index is 13.3. The van der Waals surface area contributed by atoms with Crippen LogP contribution in [0.2, 0.25) is 5.02 Å². The largest absolute Gasteiger partial charge is 0.335 e. The van der Waals surface area contributed by atoms with Gasteiger partial charge < -0.3 is 4.90 Å². The fraction of sp³-hybridized carbons (Fsp3) is 0.409. The molecule has 0 unspecified atom stereocenters. The summed E-state index contributed by atoms with van der Waals surface area (Å²) in [6.45, 7) is 1.22. The summed E-state index contributed by atoms with van der Waals surface area (Å²) in [5, 5.41) is 0.474. The van der Waals surface area contributed by atoms with Crippen molar-refractivity contribution in [2.24, 2.45) is 5.92 Å². The molecule has 0 saturated carbocycles. The lowest BCUT2D eigenvalue weighted by atomic mass is 9.96. The Morgan fingerprint density at radius 3 is 2.33 bits per heavy atom. The number of piperidine rings is 1. The molecule has 2 atom stereocenters. The number of nitrogens with zero attached hydrogens (tertiary/aromatic N) is 2. The van der Waals surface area contributed by atoms with Gasteiger partial charge >= 0.3 is 0 Å². The first-order valence-corrected chi connectivity index (χ1v) is 12.0. The molecule has 2 saturated heterocycles. The summed E-state index contributed by atoms with van der Waals surface area (Å²) >= 11 is 5.88. The van der Waals surface area contributed by atoms with E-state index < -0.39 is 10.0 Å². The van der Waals surface area contributed by atoms with E-state index >= 15 is 0 Å². The van der Waals surface area contributed by atoms with E-state index in [4.69, 9.17) is 11.6 Å². The molecule has 2 fully saturated rings. The summed E-state index contributed by atoms with van der Waals surface area (Å²) in [5.74, 6) is -0.690. The van der Waals surface area contributed by atoms with Gasteiger partial charge in [0.1, 0.15) is 5.82 Å². The molecule has 160 valence electrons. The Morgan fingerprint density at radius 2 is 1.63 bits per heavy atom. The van der Waals surface area contributed by atoms with Crippen LogP contribution < -0.4 is 0 Å². The van der Waals surface area contributed by atoms with Crippen LogP contribution in [-0.2, 0) is 14.8 Å². The summed E-state index contributed by atoms with van der Waals surface area (Å²) in [5.41, 5.74) is 0.920. The van der Waals surface area contributed by atoms with Gasteiger partial charge in [-0.3, -0.25) is 4.79 Å². The van der Waals surface area contributed by atoms with E-state index in [0.29, 0.717) is 31.0 Å². The van der Waals surface area contributed by atoms with Crippen LogP contribution >= 0.6 is 11.6 Å². The lowest BCUT2D eigenvalue weighted by Gasteiger charge is -2.35. The molecular formula is C22H24ClFN2O3S. The van der Waals surface area contributed by atoms with Crippen molar-refractivity contribution in [3.8, 4) is 0 Å². The van der Waals surface area contributed by atoms with E-state index in [1.54, 1.807) is 24.3 Å². The Kier molecular flexibility index (Phi) is 6.14. The number of halogens is 2. The van der Waals surface area contributed by atoms with Gasteiger partial charge in [-0.05, 0) is 67.6 Å². The van der Waals surface area contributed by atoms with Crippen LogP contribution in [0.25, 0.3) is 0 Å². The Bertz CT molecular complexity index is 1010. The number of likely N-dealkylation sites (tertiary alicyclic amines) is 1. The molecule has 2 aliphatic rings. The quantitative estimate of drug-likeness (QED) is 0.699. The SMILES string of the molecule is O=C([C@@H]1CCCN(S(=O)(=O)c2ccc(Cl)cc2)C1)N1CCC[C@@H]1c1ccc(F)cc1. The van der Waals surface area contributed by atoms with Gasteiger partial charge in [0.25, 0.3) is 0 Å². The molecule has 0 spiro atoms. The van der Waals surface area contributed by atoms with Crippen molar-refractivity contribution < 1.29 is 17.6 Å². The fourth-order valence-electron chi connectivity index (χ4n) is 4.41. The van der Waals surface area contributed by atoms with Crippen LogP contribution in [0.5, 0.6) is 0 Å². The third-order valence-electron chi connectivity index (χ3n) is 5.98. The molecule has 0 radical (unpaired) electrons. The average molecular weight is 451 g/mol. The minimum absolute atomic E-state index is 0.0159. The average Bonchev–Trinajstić information content (AvgIpc) is 3.24. The topological polar surface area (TPSA) is 57.7 Å². The summed E-state index contributed by atoms with van der Waals surface area (Å²) in [7, 11) is -3.68. The highest BCUT2D eigenvalue weighted by atomic mass is 35.5. The van der Waals surface area contributed by atoms with Crippen LogP contribution in [0.3, 0.4) is 0 Å². The minimum Gasteiger partial charge on any atom is -0.335 e. The highest BCUT2D eigenvalue weighted by Crippen LogP contribution is 2.35. The number of amides is 1. The zero-order valence-corrected chi connectivity index (χ0v) is 18.1. The standard InChI is InChI=1S/C22H24ClFN2O3S/c23-18-7-11-20(12-8-18)30(28,29)25-13-1-3-17(15-25)22(27)26-14-2-4-21(26)16-5-9-19(24)10-6-16/h5-12,17,21H,1-4,13-15H2/t17-,21-/m1/s1. The van der Waals surface area contributed by atoms with Gasteiger partial charge in [0.05, 0.1) is 16.9 Å². The molecule has 8 heteroatoms. The van der Waals surface area contributed by atoms with Crippen molar-refractivity contribution in [3.63, 3.8) is 0 Å². The van der Waals surface area contributed by atoms with Gasteiger partial charge in [-0.2, -0.15) is 4.31 Å². The Balaban J connectivity index is 1.50. The van der Waals surface area contributed by atoms with Gasteiger partial charge in [0, 0.05) is 24.7 Å². The molecule has 2 aromatic rings. The smallest absolute Gasteiger partial charge is 0.243 e. The number of hydrogen-bond acceptors (Lipinski definition) is 3. The molecule has 0 bridgehead atoms. The van der Waals surface area contributed by atoms with E-state index in [2.05, 4.69) is 0 Å². The zero-order valence-electron chi connectivity index (χ0n) is 16.5. The van der Waals surface area contributed by atoms with Gasteiger partial charge in [0.2, 0.25) is 15.9 Å². The van der Waals surface area contributed by atoms with Crippen molar-refractivity contribution >= 4 is 27.5 Å². The molecule has 0 aliphatic carbocycles. The predicted molar refractivity (Wildman–Crippen MR) is 113 cm³/mol. The van der Waals surface area contributed by atoms with E-state index in [-0.39, 0.29) is 35.1 Å². The van der Waals surface area contributed by atoms with Crippen molar-refractivity contribution in [3.05, 3.63) is 64.9 Å². The summed E-state index contributed by atoms with van der Waals surface area (Å²) < 4.78 is 40.8. The molecule has 2 aliphatic heterocycles. The zero-order chi connectivity index (χ0) is 21.3. The number of benzene rings is 2. The molecule has 0 N–H and O–H groups in total. The monoisotopic (exact) mass is 450 g/mol. The van der Waals surface area contributed by atoms with E-state index in [1.165, 1.54) is 28.6 Å². The molecular weight excluding hydrogens is 427 g/mol. The van der Waals surface area contributed by atoms with Gasteiger partial charge in [-0.1, -0.05) is 23.7 Å². The van der Waals surface area contributed by atoms with Crippen LogP contribution in [-0.4, -0.2) is 43.2 Å². The lowest BCUT2D eigenvalue weighted by molar-refractivity contribution is -0.137. The normalized spacial score (nSPS) is 22.9. The van der Waals surface area contributed by atoms with Crippen LogP contribution in [0.4, 0.5) is 4.39 Å².